The highest BCUT2D eigenvalue weighted by molar-refractivity contribution is 5.78. The van der Waals surface area contributed by atoms with Gasteiger partial charge >= 0.3 is 0 Å². The number of rotatable bonds is 5. The van der Waals surface area contributed by atoms with E-state index in [0.29, 0.717) is 5.92 Å². The maximum atomic E-state index is 11.9. The van der Waals surface area contributed by atoms with Gasteiger partial charge < -0.3 is 15.4 Å². The minimum absolute atomic E-state index is 0.0464. The average Bonchev–Trinajstić information content (AvgIpc) is 2.89. The first-order valence-electron chi connectivity index (χ1n) is 7.29. The number of amides is 1. The monoisotopic (exact) mass is 276 g/mol. The van der Waals surface area contributed by atoms with E-state index in [-0.39, 0.29) is 18.6 Å². The number of ether oxygens (including phenoxy) is 1. The Bertz CT molecular complexity index is 466. The van der Waals surface area contributed by atoms with Crippen molar-refractivity contribution >= 4 is 5.91 Å². The van der Waals surface area contributed by atoms with Crippen molar-refractivity contribution in [2.75, 3.05) is 19.7 Å². The highest BCUT2D eigenvalue weighted by Gasteiger charge is 2.17. The van der Waals surface area contributed by atoms with Gasteiger partial charge in [-0.15, -0.1) is 0 Å². The van der Waals surface area contributed by atoms with E-state index in [1.54, 1.807) is 0 Å². The number of carbonyl (C=O) groups excluding carboxylic acids is 1. The molecule has 1 aliphatic heterocycles. The van der Waals surface area contributed by atoms with Gasteiger partial charge in [0.05, 0.1) is 0 Å². The van der Waals surface area contributed by atoms with Crippen molar-refractivity contribution in [1.29, 1.82) is 0 Å². The highest BCUT2D eigenvalue weighted by atomic mass is 16.5. The molecule has 0 saturated carbocycles. The van der Waals surface area contributed by atoms with E-state index in [2.05, 4.69) is 36.6 Å². The molecule has 1 fully saturated rings. The van der Waals surface area contributed by atoms with Crippen molar-refractivity contribution in [2.24, 2.45) is 0 Å². The lowest BCUT2D eigenvalue weighted by molar-refractivity contribution is -0.123. The number of nitrogens with one attached hydrogen (secondary N) is 2. The summed E-state index contributed by atoms with van der Waals surface area (Å²) in [6, 6.07) is 6.40. The van der Waals surface area contributed by atoms with Gasteiger partial charge in [0.15, 0.2) is 6.61 Å². The summed E-state index contributed by atoms with van der Waals surface area (Å²) >= 11 is 0. The molecule has 2 rings (SSSR count). The van der Waals surface area contributed by atoms with Crippen molar-refractivity contribution in [1.82, 2.24) is 10.6 Å². The van der Waals surface area contributed by atoms with Crippen LogP contribution in [0.25, 0.3) is 0 Å². The Kier molecular flexibility index (Phi) is 5.01. The number of hydrogen-bond acceptors (Lipinski definition) is 3. The molecule has 0 aromatic heterocycles. The van der Waals surface area contributed by atoms with E-state index >= 15 is 0 Å². The fourth-order valence-electron chi connectivity index (χ4n) is 2.43. The SMILES string of the molecule is Cc1ccc(C(C)C)c(OCC(=O)NC2CCNC2)c1. The Labute approximate surface area is 120 Å². The second kappa shape index (κ2) is 6.75. The van der Waals surface area contributed by atoms with Crippen molar-refractivity contribution < 1.29 is 9.53 Å². The molecule has 20 heavy (non-hydrogen) atoms. The van der Waals surface area contributed by atoms with Crippen LogP contribution in [-0.2, 0) is 4.79 Å². The van der Waals surface area contributed by atoms with Crippen LogP contribution in [0.5, 0.6) is 5.75 Å². The summed E-state index contributed by atoms with van der Waals surface area (Å²) in [6.07, 6.45) is 0.993. The molecule has 110 valence electrons. The molecule has 0 spiro atoms. The molecule has 0 bridgehead atoms. The zero-order valence-corrected chi connectivity index (χ0v) is 12.5. The molecule has 0 aliphatic carbocycles. The minimum Gasteiger partial charge on any atom is -0.483 e. The fourth-order valence-corrected chi connectivity index (χ4v) is 2.43. The molecule has 0 radical (unpaired) electrons. The van der Waals surface area contributed by atoms with Crippen LogP contribution in [0.15, 0.2) is 18.2 Å². The topological polar surface area (TPSA) is 50.4 Å². The molecule has 1 aromatic carbocycles. The number of hydrogen-bond donors (Lipinski definition) is 2. The van der Waals surface area contributed by atoms with E-state index in [9.17, 15) is 4.79 Å². The van der Waals surface area contributed by atoms with Crippen molar-refractivity contribution in [2.45, 2.75) is 39.2 Å². The van der Waals surface area contributed by atoms with Crippen LogP contribution in [0, 0.1) is 6.92 Å². The van der Waals surface area contributed by atoms with Crippen molar-refractivity contribution in [3.8, 4) is 5.75 Å². The average molecular weight is 276 g/mol. The molecular weight excluding hydrogens is 252 g/mol. The zero-order valence-electron chi connectivity index (χ0n) is 12.5. The number of carbonyl (C=O) groups is 1. The lowest BCUT2D eigenvalue weighted by Crippen LogP contribution is -2.39. The molecule has 1 aliphatic rings. The zero-order chi connectivity index (χ0) is 14.5. The standard InChI is InChI=1S/C16H24N2O2/c1-11(2)14-5-4-12(3)8-15(14)20-10-16(19)18-13-6-7-17-9-13/h4-5,8,11,13,17H,6-7,9-10H2,1-3H3,(H,18,19). The Morgan fingerprint density at radius 3 is 2.95 bits per heavy atom. The molecule has 2 N–H and O–H groups in total. The summed E-state index contributed by atoms with van der Waals surface area (Å²) in [4.78, 5) is 11.9. The summed E-state index contributed by atoms with van der Waals surface area (Å²) in [6.45, 7) is 8.19. The lowest BCUT2D eigenvalue weighted by Gasteiger charge is -2.16. The summed E-state index contributed by atoms with van der Waals surface area (Å²) in [5, 5.41) is 6.21. The smallest absolute Gasteiger partial charge is 0.258 e. The quantitative estimate of drug-likeness (QED) is 0.864. The summed E-state index contributed by atoms with van der Waals surface area (Å²) in [5.74, 6) is 1.15. The third-order valence-corrected chi connectivity index (χ3v) is 3.58. The molecule has 1 saturated heterocycles. The van der Waals surface area contributed by atoms with Gasteiger partial charge in [0, 0.05) is 12.6 Å². The van der Waals surface area contributed by atoms with Crippen LogP contribution in [0.1, 0.15) is 37.3 Å². The maximum absolute atomic E-state index is 11.9. The predicted octanol–water partition coefficient (Wildman–Crippen LogP) is 1.98. The van der Waals surface area contributed by atoms with Gasteiger partial charge in [0.1, 0.15) is 5.75 Å². The Morgan fingerprint density at radius 2 is 2.30 bits per heavy atom. The molecule has 4 heteroatoms. The highest BCUT2D eigenvalue weighted by Crippen LogP contribution is 2.27. The van der Waals surface area contributed by atoms with E-state index in [1.165, 1.54) is 0 Å². The van der Waals surface area contributed by atoms with Gasteiger partial charge in [-0.3, -0.25) is 4.79 Å². The summed E-state index contributed by atoms with van der Waals surface area (Å²) in [7, 11) is 0. The van der Waals surface area contributed by atoms with Gasteiger partial charge in [0.25, 0.3) is 5.91 Å². The summed E-state index contributed by atoms with van der Waals surface area (Å²) < 4.78 is 5.72. The van der Waals surface area contributed by atoms with Gasteiger partial charge in [-0.05, 0) is 43.0 Å². The lowest BCUT2D eigenvalue weighted by atomic mass is 10.0. The first-order chi connectivity index (χ1) is 9.56. The van der Waals surface area contributed by atoms with Crippen molar-refractivity contribution in [3.05, 3.63) is 29.3 Å². The van der Waals surface area contributed by atoms with Gasteiger partial charge in [-0.2, -0.15) is 0 Å². The van der Waals surface area contributed by atoms with Gasteiger partial charge in [-0.1, -0.05) is 26.0 Å². The maximum Gasteiger partial charge on any atom is 0.258 e. The molecule has 1 heterocycles. The van der Waals surface area contributed by atoms with Gasteiger partial charge in [-0.25, -0.2) is 0 Å². The van der Waals surface area contributed by atoms with Crippen LogP contribution in [0.3, 0.4) is 0 Å². The molecular formula is C16H24N2O2. The third-order valence-electron chi connectivity index (χ3n) is 3.58. The molecule has 1 atom stereocenters. The van der Waals surface area contributed by atoms with Gasteiger partial charge in [0.2, 0.25) is 0 Å². The molecule has 1 unspecified atom stereocenters. The minimum atomic E-state index is -0.0464. The Balaban J connectivity index is 1.92. The Hall–Kier alpha value is -1.55. The molecule has 1 amide bonds. The van der Waals surface area contributed by atoms with E-state index < -0.39 is 0 Å². The van der Waals surface area contributed by atoms with Crippen LogP contribution in [0.4, 0.5) is 0 Å². The number of benzene rings is 1. The third kappa shape index (κ3) is 3.97. The largest absolute Gasteiger partial charge is 0.483 e. The van der Waals surface area contributed by atoms with E-state index in [1.807, 2.05) is 13.0 Å². The van der Waals surface area contributed by atoms with Crippen LogP contribution >= 0.6 is 0 Å². The van der Waals surface area contributed by atoms with Crippen LogP contribution in [0.2, 0.25) is 0 Å². The van der Waals surface area contributed by atoms with Crippen LogP contribution < -0.4 is 15.4 Å². The second-order valence-electron chi connectivity index (χ2n) is 5.74. The molecule has 1 aromatic rings. The summed E-state index contributed by atoms with van der Waals surface area (Å²) in [5.41, 5.74) is 2.29. The van der Waals surface area contributed by atoms with Crippen LogP contribution in [-0.4, -0.2) is 31.6 Å². The predicted molar refractivity (Wildman–Crippen MR) is 80.2 cm³/mol. The van der Waals surface area contributed by atoms with Crippen molar-refractivity contribution in [3.63, 3.8) is 0 Å². The van der Waals surface area contributed by atoms with E-state index in [4.69, 9.17) is 4.74 Å². The normalized spacial score (nSPS) is 18.3. The fraction of sp³-hybridized carbons (Fsp3) is 0.562. The van der Waals surface area contributed by atoms with E-state index in [0.717, 1.165) is 36.4 Å². The first kappa shape index (κ1) is 14.9. The number of aryl methyl sites for hydroxylation is 1. The first-order valence-corrected chi connectivity index (χ1v) is 7.29. The second-order valence-corrected chi connectivity index (χ2v) is 5.74. The molecule has 4 nitrogen and oxygen atoms in total. The Morgan fingerprint density at radius 1 is 1.50 bits per heavy atom.